The van der Waals surface area contributed by atoms with Crippen molar-refractivity contribution in [2.75, 3.05) is 13.7 Å². The maximum absolute atomic E-state index is 14.1. The highest BCUT2D eigenvalue weighted by Gasteiger charge is 2.33. The summed E-state index contributed by atoms with van der Waals surface area (Å²) in [5, 5.41) is 2.01. The second-order valence-corrected chi connectivity index (χ2v) is 11.9. The number of halogens is 2. The maximum atomic E-state index is 14.1. The Kier molecular flexibility index (Phi) is 8.01. The van der Waals surface area contributed by atoms with Crippen LogP contribution in [0.5, 0.6) is 5.75 Å². The van der Waals surface area contributed by atoms with Crippen LogP contribution in [0, 0.1) is 0 Å². The fraction of sp³-hybridized carbons (Fsp3) is 0.182. The number of allylic oxidation sites excluding steroid dienone is 1. The zero-order chi connectivity index (χ0) is 30.2. The van der Waals surface area contributed by atoms with E-state index in [1.807, 2.05) is 72.9 Å². The van der Waals surface area contributed by atoms with Crippen molar-refractivity contribution in [3.63, 3.8) is 0 Å². The number of para-hydroxylation sites is 1. The minimum atomic E-state index is -0.695. The standard InChI is InChI=1S/C33H27Cl2N3O4S/c1-4-42-32(40)29-19(2)36-33-38(30(29)21-10-12-23(41-3)13-11-21)31(39)28(43-33)16-22-18-37(27-8-6-5-7-24(22)27)17-20-9-14-25(34)26(35)15-20/h5-16,18,30H,4,17H2,1-3H3. The van der Waals surface area contributed by atoms with E-state index < -0.39 is 12.0 Å². The van der Waals surface area contributed by atoms with Crippen LogP contribution in [0.15, 0.2) is 94.0 Å². The molecule has 5 aromatic rings. The van der Waals surface area contributed by atoms with Crippen molar-refractivity contribution in [1.82, 2.24) is 9.13 Å². The van der Waals surface area contributed by atoms with Gasteiger partial charge in [0.05, 0.1) is 45.6 Å². The topological polar surface area (TPSA) is 74.8 Å². The number of nitrogens with zero attached hydrogens (tertiary/aromatic N) is 3. The van der Waals surface area contributed by atoms with Gasteiger partial charge in [-0.3, -0.25) is 9.36 Å². The minimum Gasteiger partial charge on any atom is -0.497 e. The Bertz CT molecular complexity index is 2090. The van der Waals surface area contributed by atoms with Crippen molar-refractivity contribution in [3.8, 4) is 5.75 Å². The molecule has 0 spiro atoms. The van der Waals surface area contributed by atoms with Gasteiger partial charge >= 0.3 is 5.97 Å². The number of benzene rings is 3. The molecule has 0 bridgehead atoms. The van der Waals surface area contributed by atoms with Crippen molar-refractivity contribution in [2.24, 2.45) is 4.99 Å². The number of hydrogen-bond donors (Lipinski definition) is 0. The Morgan fingerprint density at radius 1 is 1.07 bits per heavy atom. The number of hydrogen-bond acceptors (Lipinski definition) is 6. The minimum absolute atomic E-state index is 0.210. The largest absolute Gasteiger partial charge is 0.497 e. The Morgan fingerprint density at radius 2 is 1.84 bits per heavy atom. The number of aromatic nitrogens is 2. The number of fused-ring (bicyclic) bond motifs is 2. The highest BCUT2D eigenvalue weighted by Crippen LogP contribution is 2.32. The molecule has 3 aromatic carbocycles. The van der Waals surface area contributed by atoms with Crippen LogP contribution in [0.1, 0.15) is 36.6 Å². The Morgan fingerprint density at radius 3 is 2.56 bits per heavy atom. The lowest BCUT2D eigenvalue weighted by molar-refractivity contribution is -0.139. The molecular formula is C33H27Cl2N3O4S. The molecule has 218 valence electrons. The fourth-order valence-electron chi connectivity index (χ4n) is 5.39. The normalized spacial score (nSPS) is 15.0. The van der Waals surface area contributed by atoms with E-state index in [1.165, 1.54) is 11.3 Å². The molecule has 0 amide bonds. The lowest BCUT2D eigenvalue weighted by atomic mass is 9.96. The number of carbonyl (C=O) groups is 1. The van der Waals surface area contributed by atoms with Crippen molar-refractivity contribution >= 4 is 57.5 Å². The van der Waals surface area contributed by atoms with Gasteiger partial charge in [0.1, 0.15) is 5.75 Å². The molecule has 0 saturated heterocycles. The Balaban J connectivity index is 1.50. The molecule has 7 nitrogen and oxygen atoms in total. The van der Waals surface area contributed by atoms with Crippen LogP contribution in [0.3, 0.4) is 0 Å². The summed E-state index contributed by atoms with van der Waals surface area (Å²) in [6, 6.07) is 20.3. The van der Waals surface area contributed by atoms with Crippen molar-refractivity contribution < 1.29 is 14.3 Å². The molecule has 6 rings (SSSR count). The average Bonchev–Trinajstić information content (AvgIpc) is 3.50. The molecule has 1 atom stereocenters. The number of ether oxygens (including phenoxy) is 2. The Labute approximate surface area is 261 Å². The molecule has 0 aliphatic carbocycles. The first-order chi connectivity index (χ1) is 20.8. The summed E-state index contributed by atoms with van der Waals surface area (Å²) in [7, 11) is 1.59. The second kappa shape index (κ2) is 11.9. The van der Waals surface area contributed by atoms with Crippen molar-refractivity contribution in [1.29, 1.82) is 0 Å². The average molecular weight is 633 g/mol. The number of carbonyl (C=O) groups excluding carboxylic acids is 1. The van der Waals surface area contributed by atoms with Crippen LogP contribution in [-0.2, 0) is 16.1 Å². The third-order valence-electron chi connectivity index (χ3n) is 7.39. The summed E-state index contributed by atoms with van der Waals surface area (Å²) in [5.74, 6) is 0.177. The van der Waals surface area contributed by atoms with Gasteiger partial charge < -0.3 is 14.0 Å². The number of methoxy groups -OCH3 is 1. The zero-order valence-corrected chi connectivity index (χ0v) is 26.0. The van der Waals surface area contributed by atoms with Gasteiger partial charge in [-0.05, 0) is 61.4 Å². The zero-order valence-electron chi connectivity index (χ0n) is 23.6. The van der Waals surface area contributed by atoms with Crippen LogP contribution in [0.2, 0.25) is 10.0 Å². The smallest absolute Gasteiger partial charge is 0.338 e. The number of rotatable bonds is 7. The molecule has 1 aliphatic heterocycles. The lowest BCUT2D eigenvalue weighted by Gasteiger charge is -2.24. The van der Waals surface area contributed by atoms with E-state index >= 15 is 0 Å². The Hall–Kier alpha value is -4.11. The predicted molar refractivity (Wildman–Crippen MR) is 171 cm³/mol. The summed E-state index contributed by atoms with van der Waals surface area (Å²) < 4.78 is 15.0. The van der Waals surface area contributed by atoms with Gasteiger partial charge in [0, 0.05) is 29.2 Å². The van der Waals surface area contributed by atoms with Crippen LogP contribution in [0.25, 0.3) is 17.0 Å². The van der Waals surface area contributed by atoms with Crippen LogP contribution in [0.4, 0.5) is 0 Å². The summed E-state index contributed by atoms with van der Waals surface area (Å²) in [4.78, 5) is 32.5. The van der Waals surface area contributed by atoms with E-state index in [0.29, 0.717) is 42.9 Å². The van der Waals surface area contributed by atoms with Crippen LogP contribution in [-0.4, -0.2) is 28.8 Å². The predicted octanol–water partition coefficient (Wildman–Crippen LogP) is 6.12. The van der Waals surface area contributed by atoms with Gasteiger partial charge in [0.2, 0.25) is 0 Å². The SMILES string of the molecule is CCOC(=O)C1=C(C)N=c2sc(=Cc3cn(Cc4ccc(Cl)c(Cl)c4)c4ccccc34)c(=O)n2C1c1ccc(OC)cc1. The highest BCUT2D eigenvalue weighted by molar-refractivity contribution is 7.07. The molecule has 0 fully saturated rings. The van der Waals surface area contributed by atoms with E-state index in [0.717, 1.165) is 27.6 Å². The van der Waals surface area contributed by atoms with Gasteiger partial charge in [0.15, 0.2) is 4.80 Å². The first-order valence-electron chi connectivity index (χ1n) is 13.6. The van der Waals surface area contributed by atoms with E-state index in [4.69, 9.17) is 32.7 Å². The summed E-state index contributed by atoms with van der Waals surface area (Å²) in [6.45, 7) is 4.31. The first-order valence-corrected chi connectivity index (χ1v) is 15.2. The second-order valence-electron chi connectivity index (χ2n) is 10.1. The molecule has 10 heteroatoms. The fourth-order valence-corrected chi connectivity index (χ4v) is 6.75. The number of thiazole rings is 1. The van der Waals surface area contributed by atoms with E-state index in [9.17, 15) is 9.59 Å². The first kappa shape index (κ1) is 29.0. The summed E-state index contributed by atoms with van der Waals surface area (Å²) in [6.07, 6.45) is 3.92. The van der Waals surface area contributed by atoms with Gasteiger partial charge in [-0.2, -0.15) is 0 Å². The molecule has 0 radical (unpaired) electrons. The third kappa shape index (κ3) is 5.42. The molecule has 0 N–H and O–H groups in total. The quantitative estimate of drug-likeness (QED) is 0.203. The van der Waals surface area contributed by atoms with E-state index in [-0.39, 0.29) is 12.2 Å². The maximum Gasteiger partial charge on any atom is 0.338 e. The van der Waals surface area contributed by atoms with Gasteiger partial charge in [0.25, 0.3) is 5.56 Å². The summed E-state index contributed by atoms with van der Waals surface area (Å²) in [5.41, 5.74) is 4.29. The monoisotopic (exact) mass is 631 g/mol. The molecule has 1 unspecified atom stereocenters. The molecule has 1 aliphatic rings. The van der Waals surface area contributed by atoms with Gasteiger partial charge in [-0.15, -0.1) is 0 Å². The van der Waals surface area contributed by atoms with Crippen molar-refractivity contribution in [3.05, 3.63) is 131 Å². The molecule has 2 aromatic heterocycles. The van der Waals surface area contributed by atoms with Crippen LogP contribution < -0.4 is 19.6 Å². The molecule has 3 heterocycles. The third-order valence-corrected chi connectivity index (χ3v) is 9.11. The number of esters is 1. The molecular weight excluding hydrogens is 605 g/mol. The molecule has 0 saturated carbocycles. The molecule has 43 heavy (non-hydrogen) atoms. The lowest BCUT2D eigenvalue weighted by Crippen LogP contribution is -2.39. The van der Waals surface area contributed by atoms with Crippen LogP contribution >= 0.6 is 34.5 Å². The van der Waals surface area contributed by atoms with E-state index in [2.05, 4.69) is 9.56 Å². The van der Waals surface area contributed by atoms with Gasteiger partial charge in [-0.1, -0.05) is 70.9 Å². The highest BCUT2D eigenvalue weighted by atomic mass is 35.5. The van der Waals surface area contributed by atoms with Crippen molar-refractivity contribution in [2.45, 2.75) is 26.4 Å². The van der Waals surface area contributed by atoms with E-state index in [1.54, 1.807) is 31.6 Å². The van der Waals surface area contributed by atoms with Gasteiger partial charge in [-0.25, -0.2) is 9.79 Å². The summed E-state index contributed by atoms with van der Waals surface area (Å²) >= 11 is 13.7.